The van der Waals surface area contributed by atoms with Gasteiger partial charge in [0.2, 0.25) is 5.91 Å². The van der Waals surface area contributed by atoms with Crippen molar-refractivity contribution >= 4 is 23.5 Å². The van der Waals surface area contributed by atoms with E-state index in [1.165, 1.54) is 19.3 Å². The largest absolute Gasteiger partial charge is 0.458 e. The van der Waals surface area contributed by atoms with Crippen LogP contribution in [-0.2, 0) is 14.3 Å². The maximum atomic E-state index is 11.0. The number of hydrogen-bond acceptors (Lipinski definition) is 4. The number of cyclic esters (lactones) is 1. The summed E-state index contributed by atoms with van der Waals surface area (Å²) < 4.78 is 4.90. The fourth-order valence-corrected chi connectivity index (χ4v) is 2.79. The first-order valence-corrected chi connectivity index (χ1v) is 9.11. The van der Waals surface area contributed by atoms with Crippen molar-refractivity contribution < 1.29 is 19.4 Å². The summed E-state index contributed by atoms with van der Waals surface area (Å²) in [5.74, 6) is -0.0313. The zero-order chi connectivity index (χ0) is 19.2. The van der Waals surface area contributed by atoms with Crippen LogP contribution in [0.4, 0.5) is 0 Å². The van der Waals surface area contributed by atoms with Gasteiger partial charge in [-0.05, 0) is 38.5 Å². The molecule has 2 rings (SSSR count). The van der Waals surface area contributed by atoms with E-state index in [2.05, 4.69) is 19.1 Å². The third-order valence-corrected chi connectivity index (χ3v) is 4.03. The molecular formula is C18H34ClNO4. The fraction of sp³-hybridized carbons (Fsp3) is 0.778. The van der Waals surface area contributed by atoms with Gasteiger partial charge >= 0.3 is 5.97 Å². The summed E-state index contributed by atoms with van der Waals surface area (Å²) in [4.78, 5) is 21.6. The SMILES string of the molecule is CC.CC1C=CCCC1.CO.C[C@]1(C(CCCl)C(N)=O)CC(=O)O1. The number of ether oxygens (including phenoxy) is 1. The molecule has 1 amide bonds. The highest BCUT2D eigenvalue weighted by Crippen LogP contribution is 2.36. The zero-order valence-electron chi connectivity index (χ0n) is 15.7. The highest BCUT2D eigenvalue weighted by atomic mass is 35.5. The van der Waals surface area contributed by atoms with Crippen LogP contribution in [0.15, 0.2) is 12.2 Å². The predicted octanol–water partition coefficient (Wildman–Crippen LogP) is 3.42. The fourth-order valence-electron chi connectivity index (χ4n) is 2.57. The van der Waals surface area contributed by atoms with Gasteiger partial charge in [-0.25, -0.2) is 0 Å². The van der Waals surface area contributed by atoms with Gasteiger partial charge in [0, 0.05) is 13.0 Å². The van der Waals surface area contributed by atoms with Gasteiger partial charge in [-0.15, -0.1) is 11.6 Å². The third kappa shape index (κ3) is 9.28. The Labute approximate surface area is 151 Å². The van der Waals surface area contributed by atoms with E-state index in [1.807, 2.05) is 13.8 Å². The van der Waals surface area contributed by atoms with Crippen molar-refractivity contribution in [1.29, 1.82) is 0 Å². The molecule has 1 heterocycles. The van der Waals surface area contributed by atoms with E-state index in [-0.39, 0.29) is 12.4 Å². The first-order chi connectivity index (χ1) is 11.4. The lowest BCUT2D eigenvalue weighted by atomic mass is 9.80. The van der Waals surface area contributed by atoms with Crippen molar-refractivity contribution in [2.45, 2.75) is 65.4 Å². The summed E-state index contributed by atoms with van der Waals surface area (Å²) in [6.07, 6.45) is 9.40. The normalized spacial score (nSPS) is 25.1. The lowest BCUT2D eigenvalue weighted by Crippen LogP contribution is -2.54. The number of carbonyl (C=O) groups is 2. The number of aliphatic hydroxyl groups is 1. The number of amides is 1. The monoisotopic (exact) mass is 363 g/mol. The lowest BCUT2D eigenvalue weighted by molar-refractivity contribution is -0.198. The molecule has 5 nitrogen and oxygen atoms in total. The molecule has 0 radical (unpaired) electrons. The van der Waals surface area contributed by atoms with Crippen molar-refractivity contribution in [2.75, 3.05) is 13.0 Å². The van der Waals surface area contributed by atoms with Gasteiger partial charge < -0.3 is 15.6 Å². The first kappa shape index (κ1) is 25.2. The second-order valence-corrected chi connectivity index (χ2v) is 6.11. The van der Waals surface area contributed by atoms with Gasteiger partial charge in [-0.1, -0.05) is 32.9 Å². The highest BCUT2D eigenvalue weighted by molar-refractivity contribution is 6.18. The van der Waals surface area contributed by atoms with Crippen LogP contribution < -0.4 is 5.73 Å². The van der Waals surface area contributed by atoms with Gasteiger partial charge in [0.05, 0.1) is 12.3 Å². The van der Waals surface area contributed by atoms with Gasteiger partial charge in [0.1, 0.15) is 5.60 Å². The number of aliphatic hydroxyl groups excluding tert-OH is 1. The summed E-state index contributed by atoms with van der Waals surface area (Å²) in [6.45, 7) is 7.98. The molecule has 2 unspecified atom stereocenters. The highest BCUT2D eigenvalue weighted by Gasteiger charge is 2.50. The van der Waals surface area contributed by atoms with E-state index >= 15 is 0 Å². The number of nitrogens with two attached hydrogens (primary N) is 1. The van der Waals surface area contributed by atoms with Gasteiger partial charge in [0.15, 0.2) is 0 Å². The van der Waals surface area contributed by atoms with E-state index in [0.717, 1.165) is 13.0 Å². The smallest absolute Gasteiger partial charge is 0.310 e. The van der Waals surface area contributed by atoms with E-state index < -0.39 is 17.4 Å². The van der Waals surface area contributed by atoms with Gasteiger partial charge in [-0.3, -0.25) is 9.59 Å². The van der Waals surface area contributed by atoms with Crippen molar-refractivity contribution in [2.24, 2.45) is 17.6 Å². The number of carbonyl (C=O) groups excluding carboxylic acids is 2. The minimum atomic E-state index is -0.724. The van der Waals surface area contributed by atoms with Gasteiger partial charge in [0.25, 0.3) is 0 Å². The Morgan fingerprint density at radius 1 is 1.50 bits per heavy atom. The Hall–Kier alpha value is -1.07. The number of allylic oxidation sites excluding steroid dienone is 2. The number of rotatable bonds is 4. The summed E-state index contributed by atoms with van der Waals surface area (Å²) in [7, 11) is 1.00. The average molecular weight is 364 g/mol. The minimum absolute atomic E-state index is 0.248. The summed E-state index contributed by atoms with van der Waals surface area (Å²) in [6, 6.07) is 0. The molecule has 3 N–H and O–H groups in total. The predicted molar refractivity (Wildman–Crippen MR) is 98.8 cm³/mol. The molecule has 0 aromatic carbocycles. The van der Waals surface area contributed by atoms with Crippen LogP contribution in [-0.4, -0.2) is 35.6 Å². The molecule has 142 valence electrons. The standard InChI is InChI=1S/C8H12ClNO3.C7H12.C2H6.CH4O/c1-8(4-6(11)13-8)5(2-3-9)7(10)12;1-7-5-3-2-4-6-7;2*1-2/h5H,2-4H2,1H3,(H2,10,12);3,5,7H,2,4,6H2,1H3;1-2H3;2H,1H3/t5?,8-;;;/m1.../s1. The molecular weight excluding hydrogens is 330 g/mol. The molecule has 24 heavy (non-hydrogen) atoms. The Morgan fingerprint density at radius 2 is 2.04 bits per heavy atom. The topological polar surface area (TPSA) is 89.6 Å². The van der Waals surface area contributed by atoms with Crippen molar-refractivity contribution in [3.8, 4) is 0 Å². The van der Waals surface area contributed by atoms with Crippen molar-refractivity contribution in [1.82, 2.24) is 0 Å². The summed E-state index contributed by atoms with van der Waals surface area (Å²) >= 11 is 5.52. The molecule has 2 aliphatic rings. The summed E-state index contributed by atoms with van der Waals surface area (Å²) in [5.41, 5.74) is 4.45. The Kier molecular flexibility index (Phi) is 15.0. The van der Waals surface area contributed by atoms with Crippen molar-refractivity contribution in [3.05, 3.63) is 12.2 Å². The Morgan fingerprint density at radius 3 is 2.29 bits per heavy atom. The summed E-state index contributed by atoms with van der Waals surface area (Å²) in [5, 5.41) is 7.00. The van der Waals surface area contributed by atoms with Crippen LogP contribution >= 0.6 is 11.6 Å². The molecule has 0 saturated carbocycles. The first-order valence-electron chi connectivity index (χ1n) is 8.57. The maximum absolute atomic E-state index is 11.0. The van der Waals surface area contributed by atoms with Crippen LogP contribution in [0, 0.1) is 11.8 Å². The molecule has 3 atom stereocenters. The quantitative estimate of drug-likeness (QED) is 0.455. The van der Waals surface area contributed by atoms with Crippen LogP contribution in [0.5, 0.6) is 0 Å². The maximum Gasteiger partial charge on any atom is 0.310 e. The van der Waals surface area contributed by atoms with Gasteiger partial charge in [-0.2, -0.15) is 0 Å². The number of primary amides is 1. The molecule has 1 saturated heterocycles. The molecule has 1 aliphatic heterocycles. The molecule has 0 bridgehead atoms. The second kappa shape index (κ2) is 14.3. The van der Waals surface area contributed by atoms with Crippen LogP contribution in [0.2, 0.25) is 0 Å². The Balaban J connectivity index is 0. The molecule has 0 aromatic rings. The number of esters is 1. The lowest BCUT2D eigenvalue weighted by Gasteiger charge is -2.41. The molecule has 1 fully saturated rings. The second-order valence-electron chi connectivity index (χ2n) is 5.73. The average Bonchev–Trinajstić information content (AvgIpc) is 2.56. The van der Waals surface area contributed by atoms with Crippen LogP contribution in [0.1, 0.15) is 59.8 Å². The minimum Gasteiger partial charge on any atom is -0.458 e. The van der Waals surface area contributed by atoms with E-state index in [9.17, 15) is 9.59 Å². The molecule has 6 heteroatoms. The third-order valence-electron chi connectivity index (χ3n) is 3.82. The molecule has 0 aromatic heterocycles. The van der Waals surface area contributed by atoms with E-state index in [0.29, 0.717) is 12.3 Å². The number of halogens is 1. The molecule has 0 spiro atoms. The zero-order valence-corrected chi connectivity index (χ0v) is 16.4. The van der Waals surface area contributed by atoms with E-state index in [4.69, 9.17) is 27.2 Å². The number of hydrogen-bond donors (Lipinski definition) is 2. The van der Waals surface area contributed by atoms with Crippen LogP contribution in [0.25, 0.3) is 0 Å². The Bertz CT molecular complexity index is 377. The number of alkyl halides is 1. The van der Waals surface area contributed by atoms with Crippen molar-refractivity contribution in [3.63, 3.8) is 0 Å². The molecule has 1 aliphatic carbocycles. The van der Waals surface area contributed by atoms with E-state index in [1.54, 1.807) is 6.92 Å². The van der Waals surface area contributed by atoms with Crippen LogP contribution in [0.3, 0.4) is 0 Å².